The van der Waals surface area contributed by atoms with Crippen LogP contribution in [0, 0.1) is 0 Å². The number of rotatable bonds is 4. The number of hydrogen-bond acceptors (Lipinski definition) is 3. The van der Waals surface area contributed by atoms with Gasteiger partial charge in [0, 0.05) is 5.02 Å². The number of carboxylic acid groups (broad SMARTS) is 1. The van der Waals surface area contributed by atoms with Gasteiger partial charge in [0.05, 0.1) is 16.8 Å². The SMILES string of the molecule is CCC(C)(N)C(=O)Nc1ccc(Cl)cc1C(=O)O. The highest BCUT2D eigenvalue weighted by Crippen LogP contribution is 2.22. The Kier molecular flexibility index (Phi) is 4.32. The number of halogens is 1. The van der Waals surface area contributed by atoms with E-state index in [-0.39, 0.29) is 16.3 Å². The van der Waals surface area contributed by atoms with Crippen molar-refractivity contribution in [2.45, 2.75) is 25.8 Å². The largest absolute Gasteiger partial charge is 0.478 e. The molecule has 1 atom stereocenters. The molecule has 98 valence electrons. The van der Waals surface area contributed by atoms with E-state index in [2.05, 4.69) is 5.32 Å². The van der Waals surface area contributed by atoms with Crippen molar-refractivity contribution in [2.75, 3.05) is 5.32 Å². The molecule has 1 aromatic carbocycles. The Morgan fingerprint density at radius 3 is 2.61 bits per heavy atom. The summed E-state index contributed by atoms with van der Waals surface area (Å²) >= 11 is 5.71. The summed E-state index contributed by atoms with van der Waals surface area (Å²) in [5.74, 6) is -1.60. The minimum absolute atomic E-state index is 0.0669. The van der Waals surface area contributed by atoms with Crippen molar-refractivity contribution in [3.05, 3.63) is 28.8 Å². The molecule has 0 aliphatic carbocycles. The Bertz CT molecular complexity index is 486. The molecule has 1 unspecified atom stereocenters. The van der Waals surface area contributed by atoms with Gasteiger partial charge in [-0.25, -0.2) is 4.79 Å². The monoisotopic (exact) mass is 270 g/mol. The smallest absolute Gasteiger partial charge is 0.337 e. The van der Waals surface area contributed by atoms with Gasteiger partial charge in [0.1, 0.15) is 0 Å². The fraction of sp³-hybridized carbons (Fsp3) is 0.333. The second kappa shape index (κ2) is 5.37. The molecule has 0 aliphatic rings. The summed E-state index contributed by atoms with van der Waals surface area (Å²) in [5.41, 5.74) is 4.85. The average molecular weight is 271 g/mol. The Balaban J connectivity index is 3.05. The summed E-state index contributed by atoms with van der Waals surface area (Å²) in [7, 11) is 0. The summed E-state index contributed by atoms with van der Waals surface area (Å²) in [6, 6.07) is 4.22. The first-order valence-electron chi connectivity index (χ1n) is 5.41. The van der Waals surface area contributed by atoms with Crippen LogP contribution >= 0.6 is 11.6 Å². The lowest BCUT2D eigenvalue weighted by Gasteiger charge is -2.22. The topological polar surface area (TPSA) is 92.4 Å². The molecule has 0 radical (unpaired) electrons. The molecule has 0 aliphatic heterocycles. The van der Waals surface area contributed by atoms with Crippen LogP contribution < -0.4 is 11.1 Å². The van der Waals surface area contributed by atoms with Crippen LogP contribution in [0.25, 0.3) is 0 Å². The standard InChI is InChI=1S/C12H15ClN2O3/c1-3-12(2,14)11(18)15-9-5-4-7(13)6-8(9)10(16)17/h4-6H,3,14H2,1-2H3,(H,15,18)(H,16,17). The lowest BCUT2D eigenvalue weighted by atomic mass is 9.99. The van der Waals surface area contributed by atoms with Gasteiger partial charge >= 0.3 is 5.97 Å². The van der Waals surface area contributed by atoms with Crippen LogP contribution in [0.1, 0.15) is 30.6 Å². The fourth-order valence-electron chi connectivity index (χ4n) is 1.23. The molecule has 0 saturated carbocycles. The predicted octanol–water partition coefficient (Wildman–Crippen LogP) is 2.10. The number of nitrogens with one attached hydrogen (secondary N) is 1. The third-order valence-electron chi connectivity index (χ3n) is 2.71. The summed E-state index contributed by atoms with van der Waals surface area (Å²) < 4.78 is 0. The molecular formula is C12H15ClN2O3. The first-order chi connectivity index (χ1) is 8.27. The number of carbonyl (C=O) groups is 2. The van der Waals surface area contributed by atoms with Gasteiger partial charge in [-0.15, -0.1) is 0 Å². The van der Waals surface area contributed by atoms with Crippen LogP contribution in [-0.2, 0) is 4.79 Å². The molecule has 0 aromatic heterocycles. The zero-order valence-corrected chi connectivity index (χ0v) is 10.9. The Hall–Kier alpha value is -1.59. The van der Waals surface area contributed by atoms with Gasteiger partial charge in [-0.1, -0.05) is 18.5 Å². The van der Waals surface area contributed by atoms with E-state index in [4.69, 9.17) is 22.4 Å². The van der Waals surface area contributed by atoms with Crippen LogP contribution in [0.3, 0.4) is 0 Å². The van der Waals surface area contributed by atoms with E-state index in [0.717, 1.165) is 0 Å². The van der Waals surface area contributed by atoms with E-state index >= 15 is 0 Å². The highest BCUT2D eigenvalue weighted by atomic mass is 35.5. The van der Waals surface area contributed by atoms with Crippen molar-refractivity contribution >= 4 is 29.2 Å². The summed E-state index contributed by atoms with van der Waals surface area (Å²) in [5, 5.41) is 11.8. The molecule has 0 spiro atoms. The number of benzene rings is 1. The Morgan fingerprint density at radius 1 is 1.50 bits per heavy atom. The van der Waals surface area contributed by atoms with Crippen molar-refractivity contribution < 1.29 is 14.7 Å². The molecule has 1 aromatic rings. The maximum atomic E-state index is 11.9. The number of aromatic carboxylic acids is 1. The summed E-state index contributed by atoms with van der Waals surface area (Å²) in [6.45, 7) is 3.36. The van der Waals surface area contributed by atoms with E-state index in [1.54, 1.807) is 13.8 Å². The normalized spacial score (nSPS) is 13.8. The van der Waals surface area contributed by atoms with Crippen LogP contribution in [0.2, 0.25) is 5.02 Å². The number of nitrogens with two attached hydrogens (primary N) is 1. The van der Waals surface area contributed by atoms with Crippen LogP contribution in [0.4, 0.5) is 5.69 Å². The molecule has 1 rings (SSSR count). The van der Waals surface area contributed by atoms with Crippen molar-refractivity contribution in [2.24, 2.45) is 5.73 Å². The third kappa shape index (κ3) is 3.21. The van der Waals surface area contributed by atoms with E-state index in [1.807, 2.05) is 0 Å². The maximum absolute atomic E-state index is 11.9. The second-order valence-electron chi connectivity index (χ2n) is 4.22. The number of carbonyl (C=O) groups excluding carboxylic acids is 1. The lowest BCUT2D eigenvalue weighted by Crippen LogP contribution is -2.48. The summed E-state index contributed by atoms with van der Waals surface area (Å²) in [4.78, 5) is 22.9. The molecule has 6 heteroatoms. The molecule has 1 amide bonds. The van der Waals surface area contributed by atoms with Gasteiger partial charge in [-0.3, -0.25) is 4.79 Å². The average Bonchev–Trinajstić information content (AvgIpc) is 2.31. The molecule has 18 heavy (non-hydrogen) atoms. The maximum Gasteiger partial charge on any atom is 0.337 e. The van der Waals surface area contributed by atoms with E-state index in [0.29, 0.717) is 6.42 Å². The predicted molar refractivity (Wildman–Crippen MR) is 69.9 cm³/mol. The Labute approximate surface area is 110 Å². The van der Waals surface area contributed by atoms with Crippen molar-refractivity contribution in [1.82, 2.24) is 0 Å². The van der Waals surface area contributed by atoms with E-state index in [1.165, 1.54) is 18.2 Å². The quantitative estimate of drug-likeness (QED) is 0.781. The lowest BCUT2D eigenvalue weighted by molar-refractivity contribution is -0.120. The Morgan fingerprint density at radius 2 is 2.11 bits per heavy atom. The van der Waals surface area contributed by atoms with Gasteiger partial charge in [-0.2, -0.15) is 0 Å². The zero-order chi connectivity index (χ0) is 13.9. The van der Waals surface area contributed by atoms with Crippen LogP contribution in [-0.4, -0.2) is 22.5 Å². The van der Waals surface area contributed by atoms with Gasteiger partial charge in [0.2, 0.25) is 5.91 Å². The minimum Gasteiger partial charge on any atom is -0.478 e. The molecule has 4 N–H and O–H groups in total. The minimum atomic E-state index is -1.16. The first-order valence-corrected chi connectivity index (χ1v) is 5.79. The third-order valence-corrected chi connectivity index (χ3v) is 2.95. The second-order valence-corrected chi connectivity index (χ2v) is 4.66. The van der Waals surface area contributed by atoms with E-state index in [9.17, 15) is 9.59 Å². The van der Waals surface area contributed by atoms with Gasteiger partial charge in [0.15, 0.2) is 0 Å². The van der Waals surface area contributed by atoms with Crippen molar-refractivity contribution in [1.29, 1.82) is 0 Å². The molecule has 0 fully saturated rings. The van der Waals surface area contributed by atoms with Gasteiger partial charge < -0.3 is 16.2 Å². The highest BCUT2D eigenvalue weighted by Gasteiger charge is 2.27. The van der Waals surface area contributed by atoms with Gasteiger partial charge in [0.25, 0.3) is 0 Å². The number of hydrogen-bond donors (Lipinski definition) is 3. The number of anilines is 1. The van der Waals surface area contributed by atoms with Gasteiger partial charge in [-0.05, 0) is 31.5 Å². The molecule has 0 heterocycles. The van der Waals surface area contributed by atoms with E-state index < -0.39 is 17.4 Å². The molecular weight excluding hydrogens is 256 g/mol. The number of carboxylic acids is 1. The van der Waals surface area contributed by atoms with Crippen LogP contribution in [0.15, 0.2) is 18.2 Å². The summed E-state index contributed by atoms with van der Waals surface area (Å²) in [6.07, 6.45) is 0.439. The molecule has 0 saturated heterocycles. The van der Waals surface area contributed by atoms with Crippen molar-refractivity contribution in [3.63, 3.8) is 0 Å². The molecule has 0 bridgehead atoms. The molecule has 5 nitrogen and oxygen atoms in total. The number of amides is 1. The first kappa shape index (κ1) is 14.5. The van der Waals surface area contributed by atoms with Crippen molar-refractivity contribution in [3.8, 4) is 0 Å². The highest BCUT2D eigenvalue weighted by molar-refractivity contribution is 6.31. The zero-order valence-electron chi connectivity index (χ0n) is 10.2. The fourth-order valence-corrected chi connectivity index (χ4v) is 1.40. The van der Waals surface area contributed by atoms with Crippen LogP contribution in [0.5, 0.6) is 0 Å².